The van der Waals surface area contributed by atoms with Gasteiger partial charge in [-0.05, 0) is 38.1 Å². The van der Waals surface area contributed by atoms with Gasteiger partial charge in [0.15, 0.2) is 0 Å². The van der Waals surface area contributed by atoms with Crippen molar-refractivity contribution in [2.75, 3.05) is 13.1 Å². The minimum absolute atomic E-state index is 0.0627. The first-order chi connectivity index (χ1) is 9.30. The van der Waals surface area contributed by atoms with Gasteiger partial charge in [0.25, 0.3) is 0 Å². The highest BCUT2D eigenvalue weighted by molar-refractivity contribution is 7.89. The van der Waals surface area contributed by atoms with E-state index in [-0.39, 0.29) is 22.7 Å². The molecular formula is C13H17NO5S. The van der Waals surface area contributed by atoms with Gasteiger partial charge in [0.05, 0.1) is 22.7 Å². The van der Waals surface area contributed by atoms with Gasteiger partial charge in [0, 0.05) is 13.1 Å². The molecule has 1 heterocycles. The maximum Gasteiger partial charge on any atom is 0.335 e. The standard InChI is InChI=1S/C13H17NO5S/c1-9-7-14(8-10(2)19-9)20(17,18)12-5-3-11(4-6-12)13(15)16/h3-6,9-10H,7-8H2,1-2H3,(H,15,16)/t9-,10+. The number of benzene rings is 1. The fourth-order valence-electron chi connectivity index (χ4n) is 2.25. The fourth-order valence-corrected chi connectivity index (χ4v) is 3.84. The number of carbonyl (C=O) groups is 1. The molecule has 1 aromatic carbocycles. The Morgan fingerprint density at radius 3 is 2.15 bits per heavy atom. The van der Waals surface area contributed by atoms with Crippen molar-refractivity contribution in [2.45, 2.75) is 31.0 Å². The van der Waals surface area contributed by atoms with E-state index in [0.717, 1.165) is 0 Å². The minimum atomic E-state index is -3.61. The summed E-state index contributed by atoms with van der Waals surface area (Å²) < 4.78 is 31.9. The number of nitrogens with zero attached hydrogens (tertiary/aromatic N) is 1. The molecule has 0 saturated carbocycles. The molecular weight excluding hydrogens is 282 g/mol. The molecule has 1 saturated heterocycles. The van der Waals surface area contributed by atoms with Gasteiger partial charge in [-0.2, -0.15) is 4.31 Å². The van der Waals surface area contributed by atoms with Crippen LogP contribution in [-0.2, 0) is 14.8 Å². The molecule has 6 nitrogen and oxygen atoms in total. The maximum atomic E-state index is 12.5. The number of hydrogen-bond donors (Lipinski definition) is 1. The van der Waals surface area contributed by atoms with E-state index in [0.29, 0.717) is 13.1 Å². The Morgan fingerprint density at radius 2 is 1.70 bits per heavy atom. The van der Waals surface area contributed by atoms with Crippen molar-refractivity contribution >= 4 is 16.0 Å². The summed E-state index contributed by atoms with van der Waals surface area (Å²) in [4.78, 5) is 10.9. The lowest BCUT2D eigenvalue weighted by Crippen LogP contribution is -2.48. The SMILES string of the molecule is C[C@@H]1CN(S(=O)(=O)c2ccc(C(=O)O)cc2)C[C@H](C)O1. The molecule has 1 N–H and O–H groups in total. The van der Waals surface area contributed by atoms with E-state index in [9.17, 15) is 13.2 Å². The number of carboxylic acids is 1. The molecule has 0 spiro atoms. The third kappa shape index (κ3) is 3.00. The van der Waals surface area contributed by atoms with E-state index in [1.54, 1.807) is 0 Å². The molecule has 0 bridgehead atoms. The van der Waals surface area contributed by atoms with Gasteiger partial charge in [-0.15, -0.1) is 0 Å². The topological polar surface area (TPSA) is 83.9 Å². The zero-order valence-electron chi connectivity index (χ0n) is 11.3. The van der Waals surface area contributed by atoms with Crippen LogP contribution in [0, 0.1) is 0 Å². The van der Waals surface area contributed by atoms with Crippen LogP contribution in [0.2, 0.25) is 0 Å². The number of ether oxygens (including phenoxy) is 1. The monoisotopic (exact) mass is 299 g/mol. The molecule has 110 valence electrons. The van der Waals surface area contributed by atoms with Crippen LogP contribution in [0.15, 0.2) is 29.2 Å². The van der Waals surface area contributed by atoms with Crippen LogP contribution in [0.1, 0.15) is 24.2 Å². The quantitative estimate of drug-likeness (QED) is 0.906. The number of morpholine rings is 1. The van der Waals surface area contributed by atoms with Crippen LogP contribution in [0.5, 0.6) is 0 Å². The third-order valence-corrected chi connectivity index (χ3v) is 4.97. The smallest absolute Gasteiger partial charge is 0.335 e. The highest BCUT2D eigenvalue weighted by Gasteiger charge is 2.32. The zero-order valence-corrected chi connectivity index (χ0v) is 12.1. The molecule has 0 radical (unpaired) electrons. The molecule has 1 fully saturated rings. The summed E-state index contributed by atoms with van der Waals surface area (Å²) in [6.07, 6.45) is -0.321. The Hall–Kier alpha value is -1.44. The van der Waals surface area contributed by atoms with Crippen molar-refractivity contribution in [3.63, 3.8) is 0 Å². The molecule has 1 aliphatic rings. The Kier molecular flexibility index (Phi) is 4.12. The highest BCUT2D eigenvalue weighted by atomic mass is 32.2. The average molecular weight is 299 g/mol. The van der Waals surface area contributed by atoms with E-state index in [1.165, 1.54) is 28.6 Å². The van der Waals surface area contributed by atoms with E-state index >= 15 is 0 Å². The highest BCUT2D eigenvalue weighted by Crippen LogP contribution is 2.21. The fraction of sp³-hybridized carbons (Fsp3) is 0.462. The Labute approximate surface area is 118 Å². The molecule has 7 heteroatoms. The lowest BCUT2D eigenvalue weighted by molar-refractivity contribution is -0.0440. The van der Waals surface area contributed by atoms with Crippen LogP contribution >= 0.6 is 0 Å². The summed E-state index contributed by atoms with van der Waals surface area (Å²) in [5.41, 5.74) is 0.0627. The van der Waals surface area contributed by atoms with Crippen molar-refractivity contribution < 1.29 is 23.1 Å². The summed E-state index contributed by atoms with van der Waals surface area (Å²) in [6, 6.07) is 5.23. The van der Waals surface area contributed by atoms with Crippen molar-refractivity contribution in [1.82, 2.24) is 4.31 Å². The maximum absolute atomic E-state index is 12.5. The summed E-state index contributed by atoms with van der Waals surface area (Å²) in [6.45, 7) is 4.25. The number of rotatable bonds is 3. The molecule has 0 unspecified atom stereocenters. The van der Waals surface area contributed by atoms with E-state index < -0.39 is 16.0 Å². The van der Waals surface area contributed by atoms with Crippen molar-refractivity contribution in [3.05, 3.63) is 29.8 Å². The molecule has 0 amide bonds. The van der Waals surface area contributed by atoms with Crippen LogP contribution < -0.4 is 0 Å². The number of aromatic carboxylic acids is 1. The van der Waals surface area contributed by atoms with E-state index in [2.05, 4.69) is 0 Å². The Balaban J connectivity index is 2.27. The Morgan fingerprint density at radius 1 is 1.20 bits per heavy atom. The molecule has 0 aliphatic carbocycles. The van der Waals surface area contributed by atoms with Gasteiger partial charge in [0.1, 0.15) is 0 Å². The average Bonchev–Trinajstić information content (AvgIpc) is 2.37. The zero-order chi connectivity index (χ0) is 14.9. The molecule has 2 rings (SSSR count). The second-order valence-corrected chi connectivity index (χ2v) is 6.85. The largest absolute Gasteiger partial charge is 0.478 e. The number of carboxylic acid groups (broad SMARTS) is 1. The summed E-state index contributed by atoms with van der Waals surface area (Å²) >= 11 is 0. The lowest BCUT2D eigenvalue weighted by Gasteiger charge is -2.34. The van der Waals surface area contributed by atoms with Crippen LogP contribution in [-0.4, -0.2) is 49.1 Å². The predicted octanol–water partition coefficient (Wildman–Crippen LogP) is 1.18. The van der Waals surface area contributed by atoms with Crippen LogP contribution in [0.4, 0.5) is 0 Å². The molecule has 1 aliphatic heterocycles. The summed E-state index contributed by atoms with van der Waals surface area (Å²) in [5.74, 6) is -1.08. The first-order valence-electron chi connectivity index (χ1n) is 6.29. The van der Waals surface area contributed by atoms with Gasteiger partial charge in [-0.3, -0.25) is 0 Å². The van der Waals surface area contributed by atoms with Gasteiger partial charge in [0.2, 0.25) is 10.0 Å². The predicted molar refractivity (Wildman–Crippen MR) is 72.2 cm³/mol. The second kappa shape index (κ2) is 5.51. The van der Waals surface area contributed by atoms with E-state index in [4.69, 9.17) is 9.84 Å². The summed E-state index contributed by atoms with van der Waals surface area (Å²) in [5, 5.41) is 8.82. The van der Waals surface area contributed by atoms with Crippen LogP contribution in [0.25, 0.3) is 0 Å². The first-order valence-corrected chi connectivity index (χ1v) is 7.73. The van der Waals surface area contributed by atoms with Crippen molar-refractivity contribution in [3.8, 4) is 0 Å². The normalized spacial score (nSPS) is 24.5. The lowest BCUT2D eigenvalue weighted by atomic mass is 10.2. The van der Waals surface area contributed by atoms with Crippen LogP contribution in [0.3, 0.4) is 0 Å². The Bertz CT molecular complexity index is 586. The molecule has 0 aromatic heterocycles. The second-order valence-electron chi connectivity index (χ2n) is 4.91. The third-order valence-electron chi connectivity index (χ3n) is 3.13. The number of hydrogen-bond acceptors (Lipinski definition) is 4. The molecule has 20 heavy (non-hydrogen) atoms. The number of sulfonamides is 1. The minimum Gasteiger partial charge on any atom is -0.478 e. The molecule has 2 atom stereocenters. The van der Waals surface area contributed by atoms with Gasteiger partial charge in [-0.25, -0.2) is 13.2 Å². The van der Waals surface area contributed by atoms with Gasteiger partial charge < -0.3 is 9.84 Å². The van der Waals surface area contributed by atoms with Gasteiger partial charge >= 0.3 is 5.97 Å². The first kappa shape index (κ1) is 15.0. The van der Waals surface area contributed by atoms with Crippen molar-refractivity contribution in [1.29, 1.82) is 0 Å². The van der Waals surface area contributed by atoms with Gasteiger partial charge in [-0.1, -0.05) is 0 Å². The molecule has 1 aromatic rings. The van der Waals surface area contributed by atoms with E-state index in [1.807, 2.05) is 13.8 Å². The summed E-state index contributed by atoms with van der Waals surface area (Å²) in [7, 11) is -3.61. The van der Waals surface area contributed by atoms with Crippen molar-refractivity contribution in [2.24, 2.45) is 0 Å².